The molecule has 2 nitrogen and oxygen atoms in total. The first-order chi connectivity index (χ1) is 8.08. The third-order valence-electron chi connectivity index (χ3n) is 2.26. The van der Waals surface area contributed by atoms with Gasteiger partial charge in [0.15, 0.2) is 0 Å². The van der Waals surface area contributed by atoms with E-state index in [-0.39, 0.29) is 0 Å². The Morgan fingerprint density at radius 1 is 1.18 bits per heavy atom. The minimum Gasteiger partial charge on any atom is -0.339 e. The van der Waals surface area contributed by atoms with Gasteiger partial charge in [0, 0.05) is 11.9 Å². The Labute approximate surface area is 118 Å². The van der Waals surface area contributed by atoms with Gasteiger partial charge < -0.3 is 5.32 Å². The lowest BCUT2D eigenvalue weighted by Gasteiger charge is -2.09. The predicted octanol–water partition coefficient (Wildman–Crippen LogP) is 5.20. The minimum absolute atomic E-state index is 0.514. The molecule has 1 heterocycles. The van der Waals surface area contributed by atoms with Crippen LogP contribution in [0.5, 0.6) is 0 Å². The molecule has 1 aromatic carbocycles. The van der Waals surface area contributed by atoms with Gasteiger partial charge in [-0.15, -0.1) is 0 Å². The number of nitrogens with one attached hydrogen (secondary N) is 1. The summed E-state index contributed by atoms with van der Waals surface area (Å²) in [5, 5.41) is 4.23. The van der Waals surface area contributed by atoms with Crippen molar-refractivity contribution in [2.45, 2.75) is 6.92 Å². The van der Waals surface area contributed by atoms with Crippen LogP contribution in [0.1, 0.15) is 5.56 Å². The van der Waals surface area contributed by atoms with E-state index >= 15 is 0 Å². The van der Waals surface area contributed by atoms with E-state index in [9.17, 15) is 0 Å². The van der Waals surface area contributed by atoms with Crippen molar-refractivity contribution in [3.63, 3.8) is 0 Å². The highest BCUT2D eigenvalue weighted by molar-refractivity contribution is 9.10. The van der Waals surface area contributed by atoms with Gasteiger partial charge >= 0.3 is 0 Å². The van der Waals surface area contributed by atoms with Crippen molar-refractivity contribution >= 4 is 50.6 Å². The van der Waals surface area contributed by atoms with Crippen LogP contribution >= 0.6 is 39.1 Å². The number of aryl methyl sites for hydroxylation is 1. The van der Waals surface area contributed by atoms with E-state index in [1.807, 2.05) is 19.1 Å². The molecule has 17 heavy (non-hydrogen) atoms. The SMILES string of the molecule is Cc1ccnc(Nc2ccc(Cl)c(Cl)c2)c1Br. The van der Waals surface area contributed by atoms with Gasteiger partial charge in [0.2, 0.25) is 0 Å². The van der Waals surface area contributed by atoms with Gasteiger partial charge in [-0.2, -0.15) is 0 Å². The normalized spacial score (nSPS) is 10.4. The first kappa shape index (κ1) is 12.7. The van der Waals surface area contributed by atoms with Crippen molar-refractivity contribution in [1.29, 1.82) is 0 Å². The van der Waals surface area contributed by atoms with Crippen LogP contribution < -0.4 is 5.32 Å². The summed E-state index contributed by atoms with van der Waals surface area (Å²) < 4.78 is 0.936. The molecular formula is C12H9BrCl2N2. The van der Waals surface area contributed by atoms with E-state index in [0.29, 0.717) is 10.0 Å². The number of rotatable bonds is 2. The smallest absolute Gasteiger partial charge is 0.144 e. The predicted molar refractivity (Wildman–Crippen MR) is 76.4 cm³/mol. The minimum atomic E-state index is 0.514. The van der Waals surface area contributed by atoms with Crippen molar-refractivity contribution in [3.8, 4) is 0 Å². The summed E-state index contributed by atoms with van der Waals surface area (Å²) in [7, 11) is 0. The molecule has 0 aliphatic rings. The third kappa shape index (κ3) is 2.92. The van der Waals surface area contributed by atoms with Crippen molar-refractivity contribution in [3.05, 3.63) is 50.5 Å². The number of benzene rings is 1. The summed E-state index contributed by atoms with van der Waals surface area (Å²) in [5.41, 5.74) is 1.96. The molecule has 0 saturated heterocycles. The Bertz CT molecular complexity index is 558. The quantitative estimate of drug-likeness (QED) is 0.817. The number of anilines is 2. The van der Waals surface area contributed by atoms with Gasteiger partial charge in [-0.25, -0.2) is 4.98 Å². The maximum atomic E-state index is 5.95. The van der Waals surface area contributed by atoms with Gasteiger partial charge in [0.25, 0.3) is 0 Å². The number of aromatic nitrogens is 1. The molecule has 2 rings (SSSR count). The van der Waals surface area contributed by atoms with E-state index in [0.717, 1.165) is 21.5 Å². The number of hydrogen-bond donors (Lipinski definition) is 1. The highest BCUT2D eigenvalue weighted by Crippen LogP contribution is 2.29. The first-order valence-electron chi connectivity index (χ1n) is 4.91. The molecule has 0 spiro atoms. The van der Waals surface area contributed by atoms with E-state index < -0.39 is 0 Å². The van der Waals surface area contributed by atoms with E-state index in [2.05, 4.69) is 26.2 Å². The zero-order chi connectivity index (χ0) is 12.4. The maximum absolute atomic E-state index is 5.95. The molecule has 0 unspecified atom stereocenters. The Hall–Kier alpha value is -0.770. The summed E-state index contributed by atoms with van der Waals surface area (Å²) in [6.45, 7) is 2.01. The summed E-state index contributed by atoms with van der Waals surface area (Å²) in [6, 6.07) is 7.30. The van der Waals surface area contributed by atoms with Crippen molar-refractivity contribution in [2.24, 2.45) is 0 Å². The van der Waals surface area contributed by atoms with Crippen LogP contribution in [-0.2, 0) is 0 Å². The average Bonchev–Trinajstić information content (AvgIpc) is 2.30. The zero-order valence-corrected chi connectivity index (χ0v) is 12.1. The van der Waals surface area contributed by atoms with E-state index in [1.54, 1.807) is 18.3 Å². The fourth-order valence-electron chi connectivity index (χ4n) is 1.34. The topological polar surface area (TPSA) is 24.9 Å². The van der Waals surface area contributed by atoms with Gasteiger partial charge in [-0.3, -0.25) is 0 Å². The zero-order valence-electron chi connectivity index (χ0n) is 8.97. The Balaban J connectivity index is 2.31. The average molecular weight is 332 g/mol. The van der Waals surface area contributed by atoms with Crippen molar-refractivity contribution in [1.82, 2.24) is 4.98 Å². The van der Waals surface area contributed by atoms with E-state index in [1.165, 1.54) is 0 Å². The second-order valence-corrected chi connectivity index (χ2v) is 5.15. The lowest BCUT2D eigenvalue weighted by Crippen LogP contribution is -1.95. The molecule has 0 fully saturated rings. The van der Waals surface area contributed by atoms with Gasteiger partial charge in [0.05, 0.1) is 14.5 Å². The van der Waals surface area contributed by atoms with Crippen molar-refractivity contribution < 1.29 is 0 Å². The van der Waals surface area contributed by atoms with Crippen LogP contribution in [0.4, 0.5) is 11.5 Å². The number of halogens is 3. The number of hydrogen-bond acceptors (Lipinski definition) is 2. The second kappa shape index (κ2) is 5.25. The summed E-state index contributed by atoms with van der Waals surface area (Å²) in [5.74, 6) is 0.753. The molecule has 0 aliphatic carbocycles. The fourth-order valence-corrected chi connectivity index (χ4v) is 1.97. The Morgan fingerprint density at radius 3 is 2.65 bits per heavy atom. The molecule has 2 aromatic rings. The fraction of sp³-hybridized carbons (Fsp3) is 0.0833. The first-order valence-corrected chi connectivity index (χ1v) is 6.46. The molecule has 1 N–H and O–H groups in total. The van der Waals surface area contributed by atoms with Crippen molar-refractivity contribution in [2.75, 3.05) is 5.32 Å². The molecule has 88 valence electrons. The molecule has 0 radical (unpaired) electrons. The molecule has 0 bridgehead atoms. The van der Waals surface area contributed by atoms with Crippen LogP contribution in [0.2, 0.25) is 10.0 Å². The van der Waals surface area contributed by atoms with Gasteiger partial charge in [-0.1, -0.05) is 23.2 Å². The van der Waals surface area contributed by atoms with Crippen LogP contribution in [0, 0.1) is 6.92 Å². The van der Waals surface area contributed by atoms with Crippen LogP contribution in [0.15, 0.2) is 34.9 Å². The van der Waals surface area contributed by atoms with Crippen LogP contribution in [-0.4, -0.2) is 4.98 Å². The number of pyridine rings is 1. The third-order valence-corrected chi connectivity index (χ3v) is 4.00. The molecule has 1 aromatic heterocycles. The van der Waals surface area contributed by atoms with E-state index in [4.69, 9.17) is 23.2 Å². The highest BCUT2D eigenvalue weighted by atomic mass is 79.9. The summed E-state index contributed by atoms with van der Waals surface area (Å²) in [4.78, 5) is 4.25. The molecule has 0 atom stereocenters. The Kier molecular flexibility index (Phi) is 3.92. The standard InChI is InChI=1S/C12H9BrCl2N2/c1-7-4-5-16-12(11(7)13)17-8-2-3-9(14)10(15)6-8/h2-6H,1H3,(H,16,17). The maximum Gasteiger partial charge on any atom is 0.144 e. The van der Waals surface area contributed by atoms with Gasteiger partial charge in [0.1, 0.15) is 5.82 Å². The lowest BCUT2D eigenvalue weighted by atomic mass is 10.3. The van der Waals surface area contributed by atoms with Crippen LogP contribution in [0.25, 0.3) is 0 Å². The van der Waals surface area contributed by atoms with Gasteiger partial charge in [-0.05, 0) is 52.7 Å². The monoisotopic (exact) mass is 330 g/mol. The molecule has 0 amide bonds. The second-order valence-electron chi connectivity index (χ2n) is 3.54. The molecule has 5 heteroatoms. The molecular weight excluding hydrogens is 323 g/mol. The molecule has 0 aliphatic heterocycles. The van der Waals surface area contributed by atoms with Crippen LogP contribution in [0.3, 0.4) is 0 Å². The largest absolute Gasteiger partial charge is 0.339 e. The summed E-state index contributed by atoms with van der Waals surface area (Å²) in [6.07, 6.45) is 1.75. The Morgan fingerprint density at radius 2 is 1.94 bits per heavy atom. The lowest BCUT2D eigenvalue weighted by molar-refractivity contribution is 1.25. The highest BCUT2D eigenvalue weighted by Gasteiger charge is 2.05. The summed E-state index contributed by atoms with van der Waals surface area (Å²) >= 11 is 15.3. The molecule has 0 saturated carbocycles. The number of nitrogens with zero attached hydrogens (tertiary/aromatic N) is 1.